The maximum absolute atomic E-state index is 12.1. The van der Waals surface area contributed by atoms with Gasteiger partial charge in [0, 0.05) is 12.4 Å². The minimum Gasteiger partial charge on any atom is -0.497 e. The average Bonchev–Trinajstić information content (AvgIpc) is 2.69. The van der Waals surface area contributed by atoms with Crippen molar-refractivity contribution in [1.82, 2.24) is 15.3 Å². The topological polar surface area (TPSA) is 85.4 Å². The Labute approximate surface area is 151 Å². The highest BCUT2D eigenvalue weighted by molar-refractivity contribution is 5.90. The van der Waals surface area contributed by atoms with Gasteiger partial charge in [-0.1, -0.05) is 6.07 Å². The summed E-state index contributed by atoms with van der Waals surface area (Å²) in [4.78, 5) is 20.5. The molecule has 0 fully saturated rings. The second kappa shape index (κ2) is 8.48. The molecule has 26 heavy (non-hydrogen) atoms. The standard InChI is InChI=1S/C19H18N4O3/c1-25-15-7-9-16(10-8-15)26-18-17(6-4-12-21-18)23-19(24)22-13-14-5-2-3-11-20-14/h2-12H,13H2,1H3,(H2,22,23,24). The summed E-state index contributed by atoms with van der Waals surface area (Å²) in [5.74, 6) is 1.61. The molecule has 7 nitrogen and oxygen atoms in total. The van der Waals surface area contributed by atoms with E-state index in [1.54, 1.807) is 55.9 Å². The molecule has 0 spiro atoms. The second-order valence-corrected chi connectivity index (χ2v) is 5.26. The van der Waals surface area contributed by atoms with E-state index in [1.807, 2.05) is 18.2 Å². The van der Waals surface area contributed by atoms with Crippen molar-refractivity contribution in [2.45, 2.75) is 6.54 Å². The first-order valence-electron chi connectivity index (χ1n) is 7.96. The van der Waals surface area contributed by atoms with Crippen molar-refractivity contribution in [3.8, 4) is 17.4 Å². The quantitative estimate of drug-likeness (QED) is 0.709. The number of hydrogen-bond acceptors (Lipinski definition) is 5. The summed E-state index contributed by atoms with van der Waals surface area (Å²) in [7, 11) is 1.60. The maximum Gasteiger partial charge on any atom is 0.319 e. The predicted molar refractivity (Wildman–Crippen MR) is 97.4 cm³/mol. The van der Waals surface area contributed by atoms with E-state index < -0.39 is 0 Å². The average molecular weight is 350 g/mol. The van der Waals surface area contributed by atoms with Crippen molar-refractivity contribution in [2.24, 2.45) is 0 Å². The number of anilines is 1. The number of urea groups is 1. The van der Waals surface area contributed by atoms with Crippen molar-refractivity contribution < 1.29 is 14.3 Å². The van der Waals surface area contributed by atoms with E-state index in [0.717, 1.165) is 11.4 Å². The molecule has 0 atom stereocenters. The summed E-state index contributed by atoms with van der Waals surface area (Å²) in [5, 5.41) is 5.47. The lowest BCUT2D eigenvalue weighted by molar-refractivity contribution is 0.251. The molecule has 0 aliphatic carbocycles. The summed E-state index contributed by atoms with van der Waals surface area (Å²) in [6, 6.07) is 15.7. The van der Waals surface area contributed by atoms with E-state index in [2.05, 4.69) is 20.6 Å². The fourth-order valence-electron chi connectivity index (χ4n) is 2.16. The van der Waals surface area contributed by atoms with Crippen LogP contribution >= 0.6 is 0 Å². The Kier molecular flexibility index (Phi) is 5.61. The van der Waals surface area contributed by atoms with Gasteiger partial charge in [-0.05, 0) is 48.5 Å². The third-order valence-electron chi connectivity index (χ3n) is 3.45. The number of methoxy groups -OCH3 is 1. The Morgan fingerprint density at radius 2 is 1.73 bits per heavy atom. The molecule has 0 bridgehead atoms. The van der Waals surface area contributed by atoms with Crippen molar-refractivity contribution >= 4 is 11.7 Å². The number of pyridine rings is 2. The van der Waals surface area contributed by atoms with Crippen LogP contribution < -0.4 is 20.1 Å². The van der Waals surface area contributed by atoms with Gasteiger partial charge < -0.3 is 20.1 Å². The smallest absolute Gasteiger partial charge is 0.319 e. The Morgan fingerprint density at radius 1 is 0.962 bits per heavy atom. The molecule has 2 heterocycles. The zero-order valence-electron chi connectivity index (χ0n) is 14.2. The van der Waals surface area contributed by atoms with E-state index in [9.17, 15) is 4.79 Å². The molecule has 132 valence electrons. The molecule has 0 saturated heterocycles. The van der Waals surface area contributed by atoms with Gasteiger partial charge in [-0.25, -0.2) is 9.78 Å². The van der Waals surface area contributed by atoms with Crippen LogP contribution in [0.3, 0.4) is 0 Å². The van der Waals surface area contributed by atoms with Crippen LogP contribution in [0.15, 0.2) is 67.0 Å². The fraction of sp³-hybridized carbons (Fsp3) is 0.105. The first kappa shape index (κ1) is 17.2. The number of nitrogens with one attached hydrogen (secondary N) is 2. The van der Waals surface area contributed by atoms with E-state index in [0.29, 0.717) is 23.9 Å². The summed E-state index contributed by atoms with van der Waals surface area (Å²) < 4.78 is 10.9. The lowest BCUT2D eigenvalue weighted by atomic mass is 10.3. The van der Waals surface area contributed by atoms with Gasteiger partial charge >= 0.3 is 6.03 Å². The number of carbonyl (C=O) groups excluding carboxylic acids is 1. The Morgan fingerprint density at radius 3 is 2.46 bits per heavy atom. The molecule has 0 unspecified atom stereocenters. The molecule has 3 aromatic rings. The maximum atomic E-state index is 12.1. The third-order valence-corrected chi connectivity index (χ3v) is 3.45. The molecule has 3 rings (SSSR count). The summed E-state index contributed by atoms with van der Waals surface area (Å²) in [5.41, 5.74) is 1.23. The minimum atomic E-state index is -0.372. The first-order chi connectivity index (χ1) is 12.7. The van der Waals surface area contributed by atoms with E-state index in [-0.39, 0.29) is 6.03 Å². The van der Waals surface area contributed by atoms with Gasteiger partial charge in [0.1, 0.15) is 17.2 Å². The van der Waals surface area contributed by atoms with Crippen LogP contribution in [-0.2, 0) is 6.54 Å². The van der Waals surface area contributed by atoms with Crippen LogP contribution in [0.2, 0.25) is 0 Å². The molecule has 2 N–H and O–H groups in total. The van der Waals surface area contributed by atoms with Crippen LogP contribution in [0.4, 0.5) is 10.5 Å². The molecule has 2 amide bonds. The molecular formula is C19H18N4O3. The van der Waals surface area contributed by atoms with Crippen molar-refractivity contribution in [3.63, 3.8) is 0 Å². The van der Waals surface area contributed by atoms with Crippen LogP contribution in [-0.4, -0.2) is 23.1 Å². The number of hydrogen-bond donors (Lipinski definition) is 2. The molecule has 0 aliphatic rings. The highest BCUT2D eigenvalue weighted by Gasteiger charge is 2.10. The highest BCUT2D eigenvalue weighted by Crippen LogP contribution is 2.27. The lowest BCUT2D eigenvalue weighted by Crippen LogP contribution is -2.28. The van der Waals surface area contributed by atoms with Crippen molar-refractivity contribution in [2.75, 3.05) is 12.4 Å². The summed E-state index contributed by atoms with van der Waals surface area (Å²) in [6.07, 6.45) is 3.27. The second-order valence-electron chi connectivity index (χ2n) is 5.26. The Hall–Kier alpha value is -3.61. The number of benzene rings is 1. The van der Waals surface area contributed by atoms with Gasteiger partial charge in [0.15, 0.2) is 0 Å². The zero-order chi connectivity index (χ0) is 18.2. The minimum absolute atomic E-state index is 0.297. The van der Waals surface area contributed by atoms with Gasteiger partial charge in [0.05, 0.1) is 19.3 Å². The molecule has 0 radical (unpaired) electrons. The van der Waals surface area contributed by atoms with Crippen molar-refractivity contribution in [3.05, 3.63) is 72.7 Å². The van der Waals surface area contributed by atoms with Crippen LogP contribution in [0.25, 0.3) is 0 Å². The molecule has 0 aliphatic heterocycles. The SMILES string of the molecule is COc1ccc(Oc2ncccc2NC(=O)NCc2ccccn2)cc1. The summed E-state index contributed by atoms with van der Waals surface area (Å²) in [6.45, 7) is 0.321. The highest BCUT2D eigenvalue weighted by atomic mass is 16.5. The molecule has 7 heteroatoms. The number of ether oxygens (including phenoxy) is 2. The van der Waals surface area contributed by atoms with E-state index >= 15 is 0 Å². The van der Waals surface area contributed by atoms with Crippen LogP contribution in [0, 0.1) is 0 Å². The van der Waals surface area contributed by atoms with E-state index in [1.165, 1.54) is 0 Å². The van der Waals surface area contributed by atoms with Gasteiger partial charge in [0.25, 0.3) is 0 Å². The molecule has 0 saturated carbocycles. The van der Waals surface area contributed by atoms with Crippen molar-refractivity contribution in [1.29, 1.82) is 0 Å². The zero-order valence-corrected chi connectivity index (χ0v) is 14.2. The number of nitrogens with zero attached hydrogens (tertiary/aromatic N) is 2. The number of carbonyl (C=O) groups is 1. The Balaban J connectivity index is 1.63. The number of aromatic nitrogens is 2. The third kappa shape index (κ3) is 4.70. The van der Waals surface area contributed by atoms with Gasteiger partial charge in [-0.15, -0.1) is 0 Å². The number of rotatable bonds is 6. The lowest BCUT2D eigenvalue weighted by Gasteiger charge is -2.12. The van der Waals surface area contributed by atoms with Gasteiger partial charge in [-0.3, -0.25) is 4.98 Å². The molecule has 2 aromatic heterocycles. The molecular weight excluding hydrogens is 332 g/mol. The van der Waals surface area contributed by atoms with Gasteiger partial charge in [0.2, 0.25) is 5.88 Å². The first-order valence-corrected chi connectivity index (χ1v) is 7.96. The fourth-order valence-corrected chi connectivity index (χ4v) is 2.16. The monoisotopic (exact) mass is 350 g/mol. The normalized spacial score (nSPS) is 10.0. The van der Waals surface area contributed by atoms with E-state index in [4.69, 9.17) is 9.47 Å². The largest absolute Gasteiger partial charge is 0.497 e. The van der Waals surface area contributed by atoms with Crippen LogP contribution in [0.5, 0.6) is 17.4 Å². The molecule has 1 aromatic carbocycles. The van der Waals surface area contributed by atoms with Gasteiger partial charge in [-0.2, -0.15) is 0 Å². The summed E-state index contributed by atoms with van der Waals surface area (Å²) >= 11 is 0. The number of amides is 2. The van der Waals surface area contributed by atoms with Crippen LogP contribution in [0.1, 0.15) is 5.69 Å². The Bertz CT molecular complexity index is 854. The predicted octanol–water partition coefficient (Wildman–Crippen LogP) is 3.60.